The molecule has 0 saturated carbocycles. The number of nitrogens with zero attached hydrogens (tertiary/aromatic N) is 3. The second-order valence-electron chi connectivity index (χ2n) is 10.6. The first-order chi connectivity index (χ1) is 22.2. The minimum Gasteiger partial charge on any atom is -0.449 e. The molecule has 7 rings (SSSR count). The maximum absolute atomic E-state index is 13.6. The van der Waals surface area contributed by atoms with Crippen molar-refractivity contribution in [3.05, 3.63) is 94.3 Å². The minimum atomic E-state index is -1.66. The van der Waals surface area contributed by atoms with E-state index in [1.165, 1.54) is 29.2 Å². The fourth-order valence-electron chi connectivity index (χ4n) is 5.57. The van der Waals surface area contributed by atoms with Gasteiger partial charge < -0.3 is 29.2 Å². The lowest BCUT2D eigenvalue weighted by Gasteiger charge is -2.35. The summed E-state index contributed by atoms with van der Waals surface area (Å²) in [6.45, 7) is 1.30. The summed E-state index contributed by atoms with van der Waals surface area (Å²) in [5.74, 6) is -3.37. The number of hydrogen-bond acceptors (Lipinski definition) is 10. The predicted molar refractivity (Wildman–Crippen MR) is 162 cm³/mol. The Hall–Kier alpha value is -6.15. The number of H-pyrrole nitrogens is 1. The summed E-state index contributed by atoms with van der Waals surface area (Å²) in [6.07, 6.45) is -3.13. The van der Waals surface area contributed by atoms with Crippen LogP contribution >= 0.6 is 0 Å². The van der Waals surface area contributed by atoms with Gasteiger partial charge in [-0.15, -0.1) is 0 Å². The van der Waals surface area contributed by atoms with E-state index in [1.54, 1.807) is 48.5 Å². The van der Waals surface area contributed by atoms with Gasteiger partial charge in [0, 0.05) is 37.0 Å². The monoisotopic (exact) mass is 621 g/mol. The summed E-state index contributed by atoms with van der Waals surface area (Å²) in [7, 11) is 0. The molecule has 1 saturated heterocycles. The van der Waals surface area contributed by atoms with E-state index in [-0.39, 0.29) is 46.9 Å². The molecule has 4 amide bonds. The van der Waals surface area contributed by atoms with Crippen molar-refractivity contribution in [1.29, 1.82) is 0 Å². The normalized spacial score (nSPS) is 17.0. The van der Waals surface area contributed by atoms with Gasteiger partial charge in [-0.3, -0.25) is 28.8 Å². The Bertz CT molecular complexity index is 2140. The van der Waals surface area contributed by atoms with Crippen molar-refractivity contribution in [2.45, 2.75) is 19.1 Å². The molecule has 0 unspecified atom stereocenters. The lowest BCUT2D eigenvalue weighted by Crippen LogP contribution is -2.56. The lowest BCUT2D eigenvalue weighted by molar-refractivity contribution is -0.167. The summed E-state index contributed by atoms with van der Waals surface area (Å²) < 4.78 is 16.4. The molecule has 2 aliphatic heterocycles. The van der Waals surface area contributed by atoms with Gasteiger partial charge in [-0.2, -0.15) is 0 Å². The molecule has 14 nitrogen and oxygen atoms in total. The van der Waals surface area contributed by atoms with Crippen LogP contribution in [0.15, 0.2) is 82.1 Å². The van der Waals surface area contributed by atoms with Gasteiger partial charge in [0.15, 0.2) is 17.5 Å². The fraction of sp³-hybridized carbons (Fsp3) is 0.156. The van der Waals surface area contributed by atoms with Crippen LogP contribution in [0, 0.1) is 0 Å². The highest BCUT2D eigenvalue weighted by atomic mass is 16.6. The summed E-state index contributed by atoms with van der Waals surface area (Å²) in [4.78, 5) is 81.9. The smallest absolute Gasteiger partial charge is 0.303 e. The van der Waals surface area contributed by atoms with Gasteiger partial charge in [0.1, 0.15) is 0 Å². The first-order valence-electron chi connectivity index (χ1n) is 14.1. The third-order valence-corrected chi connectivity index (χ3v) is 7.70. The molecule has 0 radical (unpaired) electrons. The van der Waals surface area contributed by atoms with Crippen molar-refractivity contribution < 1.29 is 38.0 Å². The van der Waals surface area contributed by atoms with Crippen molar-refractivity contribution in [1.82, 2.24) is 10.1 Å². The standard InChI is InChI=1S/C32H23N5O9/c1-16(38)45-26(27-32(43)36(12-13-44-27)19-9-6-17-7-11-25(39)34-23(17)15-19)29(40)33-18-8-10-22-24(14-18)46-35-28(22)37-30(41)20-4-2-3-5-21(20)31(37)42/h2-11,14-15,26-27H,12-13H2,1H3,(H,33,40)(H,34,39)/t26-,27-/m1/s1. The van der Waals surface area contributed by atoms with Gasteiger partial charge >= 0.3 is 5.97 Å². The second kappa shape index (κ2) is 11.1. The quantitative estimate of drug-likeness (QED) is 0.211. The molecular weight excluding hydrogens is 598 g/mol. The molecule has 2 N–H and O–H groups in total. The predicted octanol–water partition coefficient (Wildman–Crippen LogP) is 2.77. The molecule has 0 bridgehead atoms. The van der Waals surface area contributed by atoms with E-state index in [4.69, 9.17) is 14.0 Å². The number of anilines is 3. The highest BCUT2D eigenvalue weighted by Gasteiger charge is 2.43. The van der Waals surface area contributed by atoms with Crippen LogP contribution < -0.4 is 20.7 Å². The van der Waals surface area contributed by atoms with Crippen molar-refractivity contribution in [2.75, 3.05) is 28.3 Å². The average Bonchev–Trinajstić information content (AvgIpc) is 3.56. The summed E-state index contributed by atoms with van der Waals surface area (Å²) in [5, 5.41) is 7.65. The van der Waals surface area contributed by atoms with Gasteiger partial charge in [0.25, 0.3) is 23.6 Å². The largest absolute Gasteiger partial charge is 0.449 e. The topological polar surface area (TPSA) is 181 Å². The number of nitrogens with one attached hydrogen (secondary N) is 2. The number of ether oxygens (including phenoxy) is 2. The number of imide groups is 1. The molecule has 2 aromatic heterocycles. The van der Waals surface area contributed by atoms with Crippen molar-refractivity contribution >= 4 is 68.7 Å². The Morgan fingerprint density at radius 1 is 0.978 bits per heavy atom. The number of morpholine rings is 1. The molecule has 3 aromatic carbocycles. The number of benzene rings is 3. The fourth-order valence-corrected chi connectivity index (χ4v) is 5.57. The maximum atomic E-state index is 13.6. The van der Waals surface area contributed by atoms with Gasteiger partial charge in [0.05, 0.1) is 28.6 Å². The molecule has 5 aromatic rings. The third kappa shape index (κ3) is 4.86. The first-order valence-corrected chi connectivity index (χ1v) is 14.1. The molecule has 46 heavy (non-hydrogen) atoms. The highest BCUT2D eigenvalue weighted by molar-refractivity contribution is 6.35. The molecule has 1 fully saturated rings. The van der Waals surface area contributed by atoms with Crippen molar-refractivity contribution in [2.24, 2.45) is 0 Å². The Labute approximate surface area is 258 Å². The molecule has 4 heterocycles. The lowest BCUT2D eigenvalue weighted by atomic mass is 10.1. The van der Waals surface area contributed by atoms with Gasteiger partial charge in [-0.1, -0.05) is 23.4 Å². The van der Waals surface area contributed by atoms with E-state index in [0.29, 0.717) is 16.6 Å². The zero-order valence-corrected chi connectivity index (χ0v) is 24.0. The number of aromatic amines is 1. The van der Waals surface area contributed by atoms with E-state index in [0.717, 1.165) is 17.2 Å². The van der Waals surface area contributed by atoms with E-state index >= 15 is 0 Å². The Kier molecular flexibility index (Phi) is 6.90. The summed E-state index contributed by atoms with van der Waals surface area (Å²) >= 11 is 0. The molecule has 14 heteroatoms. The number of pyridine rings is 1. The summed E-state index contributed by atoms with van der Waals surface area (Å²) in [5.41, 5.74) is 1.52. The molecule has 0 spiro atoms. The van der Waals surface area contributed by atoms with Gasteiger partial charge in [-0.05, 0) is 47.9 Å². The number of aromatic nitrogens is 2. The van der Waals surface area contributed by atoms with E-state index in [9.17, 15) is 28.8 Å². The van der Waals surface area contributed by atoms with E-state index in [1.807, 2.05) is 0 Å². The number of carbonyl (C=O) groups excluding carboxylic acids is 5. The SMILES string of the molecule is CC(=O)O[C@@H](C(=O)Nc1ccc2c(N3C(=O)c4ccccc4C3=O)noc2c1)[C@H]1OCCN(c2ccc3ccc(=O)[nH]c3c2)C1=O. The van der Waals surface area contributed by atoms with E-state index in [2.05, 4.69) is 15.5 Å². The molecular formula is C32H23N5O9. The second-order valence-corrected chi connectivity index (χ2v) is 10.6. The number of amides is 4. The van der Waals surface area contributed by atoms with Crippen LogP contribution in [0.25, 0.3) is 21.9 Å². The Morgan fingerprint density at radius 2 is 1.72 bits per heavy atom. The number of hydrogen-bond donors (Lipinski definition) is 2. The number of rotatable bonds is 6. The van der Waals surface area contributed by atoms with Crippen LogP contribution in [0.4, 0.5) is 17.2 Å². The minimum absolute atomic E-state index is 0.00377. The Balaban J connectivity index is 1.13. The number of esters is 1. The van der Waals surface area contributed by atoms with Crippen LogP contribution in [0.1, 0.15) is 27.6 Å². The van der Waals surface area contributed by atoms with Crippen LogP contribution in [-0.2, 0) is 23.9 Å². The molecule has 2 aliphatic rings. The zero-order valence-electron chi connectivity index (χ0n) is 24.0. The highest BCUT2D eigenvalue weighted by Crippen LogP contribution is 2.34. The van der Waals surface area contributed by atoms with Crippen LogP contribution in [-0.4, -0.2) is 65.1 Å². The zero-order chi connectivity index (χ0) is 32.1. The van der Waals surface area contributed by atoms with Crippen LogP contribution in [0.3, 0.4) is 0 Å². The van der Waals surface area contributed by atoms with E-state index < -0.39 is 41.8 Å². The summed E-state index contributed by atoms with van der Waals surface area (Å²) in [6, 6.07) is 19.0. The molecule has 2 atom stereocenters. The molecule has 230 valence electrons. The number of carbonyl (C=O) groups is 5. The first kappa shape index (κ1) is 28.6. The number of fused-ring (bicyclic) bond motifs is 3. The van der Waals surface area contributed by atoms with Gasteiger partial charge in [0.2, 0.25) is 11.7 Å². The maximum Gasteiger partial charge on any atom is 0.303 e. The molecule has 0 aliphatic carbocycles. The van der Waals surface area contributed by atoms with Crippen molar-refractivity contribution in [3.8, 4) is 0 Å². The third-order valence-electron chi connectivity index (χ3n) is 7.70. The average molecular weight is 622 g/mol. The Morgan fingerprint density at radius 3 is 2.46 bits per heavy atom. The van der Waals surface area contributed by atoms with Crippen molar-refractivity contribution in [3.63, 3.8) is 0 Å². The van der Waals surface area contributed by atoms with Crippen LogP contribution in [0.2, 0.25) is 0 Å². The van der Waals surface area contributed by atoms with Gasteiger partial charge in [-0.25, -0.2) is 4.90 Å². The van der Waals surface area contributed by atoms with Crippen LogP contribution in [0.5, 0.6) is 0 Å².